The zero-order valence-corrected chi connectivity index (χ0v) is 15.2. The summed E-state index contributed by atoms with van der Waals surface area (Å²) in [6.45, 7) is 0. The highest BCUT2D eigenvalue weighted by Gasteiger charge is 2.41. The van der Waals surface area contributed by atoms with Gasteiger partial charge in [-0.05, 0) is 43.9 Å². The van der Waals surface area contributed by atoms with Crippen LogP contribution in [0.15, 0.2) is 36.8 Å². The van der Waals surface area contributed by atoms with Crippen molar-refractivity contribution in [1.82, 2.24) is 15.0 Å². The second-order valence-electron chi connectivity index (χ2n) is 7.59. The maximum Gasteiger partial charge on any atom is 0.252 e. The number of H-pyrrole nitrogens is 1. The minimum Gasteiger partial charge on any atom is -0.381 e. The Balaban J connectivity index is 1.41. The molecule has 5 heterocycles. The second-order valence-corrected chi connectivity index (χ2v) is 7.59. The number of anilines is 2. The lowest BCUT2D eigenvalue weighted by Crippen LogP contribution is -2.47. The van der Waals surface area contributed by atoms with Crippen LogP contribution in [-0.2, 0) is 0 Å². The van der Waals surface area contributed by atoms with Gasteiger partial charge in [0.25, 0.3) is 5.91 Å². The van der Waals surface area contributed by atoms with Crippen molar-refractivity contribution in [2.75, 3.05) is 10.2 Å². The molecular weight excluding hydrogens is 359 g/mol. The summed E-state index contributed by atoms with van der Waals surface area (Å²) in [4.78, 5) is 25.9. The average molecular weight is 380 g/mol. The largest absolute Gasteiger partial charge is 0.381 e. The number of fused-ring (bicyclic) bond motifs is 3. The highest BCUT2D eigenvalue weighted by Crippen LogP contribution is 2.40. The number of nitrogens with zero attached hydrogens (tertiary/aromatic N) is 3. The average Bonchev–Trinajstić information content (AvgIpc) is 3.25. The third-order valence-corrected chi connectivity index (χ3v) is 5.91. The van der Waals surface area contributed by atoms with Crippen LogP contribution in [0.1, 0.15) is 36.0 Å². The first-order valence-electron chi connectivity index (χ1n) is 9.52. The predicted molar refractivity (Wildman–Crippen MR) is 105 cm³/mol. The van der Waals surface area contributed by atoms with E-state index in [1.54, 1.807) is 12.3 Å². The number of amides is 1. The second kappa shape index (κ2) is 6.47. The van der Waals surface area contributed by atoms with Gasteiger partial charge in [0.2, 0.25) is 0 Å². The molecule has 28 heavy (non-hydrogen) atoms. The molecule has 3 aromatic heterocycles. The van der Waals surface area contributed by atoms with Crippen molar-refractivity contribution in [2.24, 2.45) is 5.73 Å². The molecule has 0 spiro atoms. The summed E-state index contributed by atoms with van der Waals surface area (Å²) in [5.74, 6) is 0.0240. The molecule has 2 saturated heterocycles. The van der Waals surface area contributed by atoms with Crippen LogP contribution in [0.2, 0.25) is 0 Å². The third kappa shape index (κ3) is 2.76. The first kappa shape index (κ1) is 17.0. The van der Waals surface area contributed by atoms with Gasteiger partial charge in [0, 0.05) is 35.9 Å². The van der Waals surface area contributed by atoms with Crippen LogP contribution >= 0.6 is 0 Å². The Morgan fingerprint density at radius 1 is 1.18 bits per heavy atom. The van der Waals surface area contributed by atoms with Gasteiger partial charge in [-0.1, -0.05) is 0 Å². The van der Waals surface area contributed by atoms with Gasteiger partial charge in [-0.3, -0.25) is 4.79 Å². The molecule has 3 aromatic rings. The number of nitrogens with two attached hydrogens (primary N) is 1. The van der Waals surface area contributed by atoms with E-state index in [0.717, 1.165) is 48.2 Å². The van der Waals surface area contributed by atoms with E-state index in [1.165, 1.54) is 18.5 Å². The monoisotopic (exact) mass is 380 g/mol. The Morgan fingerprint density at radius 2 is 1.96 bits per heavy atom. The van der Waals surface area contributed by atoms with Crippen molar-refractivity contribution in [3.8, 4) is 0 Å². The Morgan fingerprint density at radius 3 is 2.64 bits per heavy atom. The van der Waals surface area contributed by atoms with Crippen LogP contribution in [0.4, 0.5) is 15.9 Å². The number of aromatic amines is 1. The molecule has 1 amide bonds. The minimum atomic E-state index is -0.492. The number of nitrogens with one attached hydrogen (secondary N) is 2. The standard InChI is InChI=1S/C20H21FN6O/c21-11-1-4-17(24-9-11)27-13-2-3-14(27)8-12(7-13)26-18-15-5-6-23-20(15)25-10-16(18)19(22)28/h1,4-6,9-10,12-14H,2-3,7-8H2,(H2,22,28)(H2,23,25,26)/t12-,13-,14+. The molecule has 144 valence electrons. The third-order valence-electron chi connectivity index (χ3n) is 5.91. The zero-order chi connectivity index (χ0) is 19.3. The lowest BCUT2D eigenvalue weighted by atomic mass is 9.96. The molecule has 2 aliphatic rings. The van der Waals surface area contributed by atoms with Gasteiger partial charge in [-0.25, -0.2) is 14.4 Å². The summed E-state index contributed by atoms with van der Waals surface area (Å²) < 4.78 is 13.2. The quantitative estimate of drug-likeness (QED) is 0.646. The Bertz CT molecular complexity index is 1020. The first-order chi connectivity index (χ1) is 13.6. The van der Waals surface area contributed by atoms with Crippen molar-refractivity contribution in [2.45, 2.75) is 43.8 Å². The van der Waals surface area contributed by atoms with Crippen LogP contribution in [0.5, 0.6) is 0 Å². The topological polar surface area (TPSA) is 99.9 Å². The summed E-state index contributed by atoms with van der Waals surface area (Å²) in [5.41, 5.74) is 7.46. The van der Waals surface area contributed by atoms with Crippen LogP contribution in [0.25, 0.3) is 11.0 Å². The highest BCUT2D eigenvalue weighted by molar-refractivity contribution is 6.06. The Hall–Kier alpha value is -3.16. The first-order valence-corrected chi connectivity index (χ1v) is 9.52. The Labute approximate surface area is 161 Å². The van der Waals surface area contributed by atoms with E-state index in [2.05, 4.69) is 25.2 Å². The molecule has 8 heteroatoms. The summed E-state index contributed by atoms with van der Waals surface area (Å²) in [7, 11) is 0. The van der Waals surface area contributed by atoms with Gasteiger partial charge in [0.15, 0.2) is 0 Å². The Kier molecular flexibility index (Phi) is 3.92. The van der Waals surface area contributed by atoms with E-state index >= 15 is 0 Å². The van der Waals surface area contributed by atoms with Gasteiger partial charge in [-0.2, -0.15) is 0 Å². The number of aromatic nitrogens is 3. The summed E-state index contributed by atoms with van der Waals surface area (Å²) in [6.07, 6.45) is 8.61. The van der Waals surface area contributed by atoms with Crippen LogP contribution in [0, 0.1) is 5.82 Å². The lowest BCUT2D eigenvalue weighted by molar-refractivity contribution is 0.100. The molecule has 2 bridgehead atoms. The van der Waals surface area contributed by atoms with Crippen LogP contribution in [-0.4, -0.2) is 39.0 Å². The molecule has 0 unspecified atom stereocenters. The van der Waals surface area contributed by atoms with Crippen molar-refractivity contribution in [3.05, 3.63) is 48.2 Å². The number of hydrogen-bond acceptors (Lipinski definition) is 5. The summed E-state index contributed by atoms with van der Waals surface area (Å²) >= 11 is 0. The summed E-state index contributed by atoms with van der Waals surface area (Å²) in [6, 6.07) is 6.03. The molecular formula is C20H21FN6O. The molecule has 0 aliphatic carbocycles. The van der Waals surface area contributed by atoms with Gasteiger partial charge in [0.05, 0.1) is 17.4 Å². The maximum absolute atomic E-state index is 13.2. The predicted octanol–water partition coefficient (Wildman–Crippen LogP) is 2.81. The SMILES string of the molecule is NC(=O)c1cnc2[nH]ccc2c1N[C@@H]1C[C@H]2CC[C@@H](C1)N2c1ccc(F)cn1. The van der Waals surface area contributed by atoms with Crippen molar-refractivity contribution in [3.63, 3.8) is 0 Å². The molecule has 2 fully saturated rings. The number of primary amides is 1. The minimum absolute atomic E-state index is 0.216. The van der Waals surface area contributed by atoms with E-state index in [9.17, 15) is 9.18 Å². The van der Waals surface area contributed by atoms with Crippen molar-refractivity contribution in [1.29, 1.82) is 0 Å². The molecule has 0 saturated carbocycles. The number of carbonyl (C=O) groups is 1. The molecule has 4 N–H and O–H groups in total. The number of carbonyl (C=O) groups excluding carboxylic acids is 1. The zero-order valence-electron chi connectivity index (χ0n) is 15.2. The smallest absolute Gasteiger partial charge is 0.252 e. The maximum atomic E-state index is 13.2. The summed E-state index contributed by atoms with van der Waals surface area (Å²) in [5, 5.41) is 4.44. The highest BCUT2D eigenvalue weighted by atomic mass is 19.1. The van der Waals surface area contributed by atoms with Crippen molar-refractivity contribution >= 4 is 28.4 Å². The molecule has 7 nitrogen and oxygen atoms in total. The molecule has 2 aliphatic heterocycles. The van der Waals surface area contributed by atoms with Crippen LogP contribution in [0.3, 0.4) is 0 Å². The van der Waals surface area contributed by atoms with Gasteiger partial charge >= 0.3 is 0 Å². The number of piperidine rings is 1. The normalized spacial score (nSPS) is 23.9. The molecule has 5 rings (SSSR count). The number of pyridine rings is 2. The van der Waals surface area contributed by atoms with Crippen molar-refractivity contribution < 1.29 is 9.18 Å². The number of rotatable bonds is 4. The van der Waals surface area contributed by atoms with Crippen LogP contribution < -0.4 is 16.0 Å². The van der Waals surface area contributed by atoms with E-state index in [-0.39, 0.29) is 11.9 Å². The fourth-order valence-corrected chi connectivity index (χ4v) is 4.74. The molecule has 0 aromatic carbocycles. The molecule has 3 atom stereocenters. The fourth-order valence-electron chi connectivity index (χ4n) is 4.74. The fraction of sp³-hybridized carbons (Fsp3) is 0.350. The lowest BCUT2D eigenvalue weighted by Gasteiger charge is -2.40. The van der Waals surface area contributed by atoms with E-state index in [1.807, 2.05) is 6.07 Å². The molecule has 0 radical (unpaired) electrons. The van der Waals surface area contributed by atoms with Gasteiger partial charge < -0.3 is 20.9 Å². The number of halogens is 1. The number of hydrogen-bond donors (Lipinski definition) is 3. The van der Waals surface area contributed by atoms with Gasteiger partial charge in [-0.15, -0.1) is 0 Å². The van der Waals surface area contributed by atoms with Gasteiger partial charge in [0.1, 0.15) is 17.3 Å². The van der Waals surface area contributed by atoms with E-state index < -0.39 is 5.91 Å². The van der Waals surface area contributed by atoms with E-state index in [0.29, 0.717) is 17.6 Å². The van der Waals surface area contributed by atoms with E-state index in [4.69, 9.17) is 5.73 Å².